The molecule has 6 nitrogen and oxygen atoms in total. The zero-order valence-corrected chi connectivity index (χ0v) is 9.46. The molecule has 0 aliphatic rings. The third-order valence-electron chi connectivity index (χ3n) is 2.63. The molecule has 1 aromatic carbocycles. The minimum atomic E-state index is -1.64. The second kappa shape index (κ2) is 5.36. The lowest BCUT2D eigenvalue weighted by atomic mass is 9.75. The van der Waals surface area contributed by atoms with Crippen LogP contribution < -0.4 is 5.46 Å². The molecule has 1 aromatic heterocycles. The van der Waals surface area contributed by atoms with Gasteiger partial charge in [0.2, 0.25) is 0 Å². The van der Waals surface area contributed by atoms with Crippen LogP contribution in [0.5, 0.6) is 0 Å². The van der Waals surface area contributed by atoms with Gasteiger partial charge in [-0.25, -0.2) is 0 Å². The monoisotopic (exact) mass is 246 g/mol. The number of rotatable bonds is 4. The molecule has 0 amide bonds. The van der Waals surface area contributed by atoms with Crippen LogP contribution in [-0.4, -0.2) is 44.1 Å². The zero-order valence-electron chi connectivity index (χ0n) is 9.46. The van der Waals surface area contributed by atoms with Gasteiger partial charge in [0.15, 0.2) is 0 Å². The maximum Gasteiger partial charge on any atom is 0.491 e. The van der Waals surface area contributed by atoms with Gasteiger partial charge in [0.1, 0.15) is 5.94 Å². The average Bonchev–Trinajstić information content (AvgIpc) is 2.79. The van der Waals surface area contributed by atoms with Crippen molar-refractivity contribution < 1.29 is 20.1 Å². The van der Waals surface area contributed by atoms with Crippen LogP contribution in [0.15, 0.2) is 42.7 Å². The van der Waals surface area contributed by atoms with Crippen LogP contribution in [0.2, 0.25) is 0 Å². The van der Waals surface area contributed by atoms with Crippen molar-refractivity contribution in [2.75, 3.05) is 0 Å². The van der Waals surface area contributed by atoms with Crippen molar-refractivity contribution >= 4 is 19.7 Å². The van der Waals surface area contributed by atoms with Crippen LogP contribution in [0.25, 0.3) is 0 Å². The molecular formula is C10H12B2N2O4. The number of benzene rings is 1. The molecule has 18 heavy (non-hydrogen) atoms. The first kappa shape index (κ1) is 12.8. The molecule has 0 saturated heterocycles. The molecule has 0 radical (unpaired) electrons. The lowest BCUT2D eigenvalue weighted by Crippen LogP contribution is -2.32. The Balaban J connectivity index is 2.36. The second-order valence-electron chi connectivity index (χ2n) is 3.90. The van der Waals surface area contributed by atoms with E-state index in [9.17, 15) is 10.0 Å². The van der Waals surface area contributed by atoms with Crippen molar-refractivity contribution in [3.8, 4) is 0 Å². The van der Waals surface area contributed by atoms with E-state index in [-0.39, 0.29) is 5.46 Å². The highest BCUT2D eigenvalue weighted by Gasteiger charge is 2.28. The predicted octanol–water partition coefficient (Wildman–Crippen LogP) is -1.84. The molecule has 0 aliphatic heterocycles. The van der Waals surface area contributed by atoms with Crippen LogP contribution in [0.4, 0.5) is 0 Å². The molecule has 0 fully saturated rings. The summed E-state index contributed by atoms with van der Waals surface area (Å²) in [6.45, 7) is 0. The summed E-state index contributed by atoms with van der Waals surface area (Å²) in [4.78, 5) is 0. The number of nitrogens with zero attached hydrogens (tertiary/aromatic N) is 2. The fourth-order valence-electron chi connectivity index (χ4n) is 1.75. The first-order valence-electron chi connectivity index (χ1n) is 5.41. The topological polar surface area (TPSA) is 98.7 Å². The molecule has 92 valence electrons. The van der Waals surface area contributed by atoms with Crippen LogP contribution >= 0.6 is 0 Å². The van der Waals surface area contributed by atoms with Crippen molar-refractivity contribution in [3.05, 3.63) is 48.3 Å². The van der Waals surface area contributed by atoms with Gasteiger partial charge in [-0.2, -0.15) is 5.10 Å². The van der Waals surface area contributed by atoms with Gasteiger partial charge in [-0.15, -0.1) is 0 Å². The molecule has 0 aliphatic carbocycles. The van der Waals surface area contributed by atoms with E-state index in [0.29, 0.717) is 5.56 Å². The number of hydrogen-bond donors (Lipinski definition) is 4. The maximum absolute atomic E-state index is 9.44. The molecule has 0 bridgehead atoms. The standard InChI is InChI=1S/C10H12B2N2O4/c15-11(16)9-6-13-14(7-9)10(12(17)18)8-4-2-1-3-5-8/h1-7,10,15-18H. The molecule has 0 saturated carbocycles. The second-order valence-corrected chi connectivity index (χ2v) is 3.90. The highest BCUT2D eigenvalue weighted by atomic mass is 16.4. The third-order valence-corrected chi connectivity index (χ3v) is 2.63. The molecular weight excluding hydrogens is 234 g/mol. The first-order chi connectivity index (χ1) is 8.59. The van der Waals surface area contributed by atoms with Crippen LogP contribution in [-0.2, 0) is 0 Å². The minimum absolute atomic E-state index is 0.191. The van der Waals surface area contributed by atoms with Gasteiger partial charge in [0.05, 0.1) is 0 Å². The SMILES string of the molecule is OB(O)c1cnn(C(B(O)O)c2ccccc2)c1. The number of hydrogen-bond acceptors (Lipinski definition) is 5. The van der Waals surface area contributed by atoms with E-state index in [2.05, 4.69) is 5.10 Å². The van der Waals surface area contributed by atoms with E-state index in [1.165, 1.54) is 17.1 Å². The fourth-order valence-corrected chi connectivity index (χ4v) is 1.75. The van der Waals surface area contributed by atoms with Crippen molar-refractivity contribution in [3.63, 3.8) is 0 Å². The highest BCUT2D eigenvalue weighted by molar-refractivity contribution is 6.58. The molecule has 8 heteroatoms. The van der Waals surface area contributed by atoms with Crippen molar-refractivity contribution in [1.29, 1.82) is 0 Å². The molecule has 4 N–H and O–H groups in total. The van der Waals surface area contributed by atoms with Gasteiger partial charge in [-0.05, 0) is 5.56 Å². The Kier molecular flexibility index (Phi) is 3.83. The highest BCUT2D eigenvalue weighted by Crippen LogP contribution is 2.17. The molecule has 1 atom stereocenters. The largest absolute Gasteiger partial charge is 0.491 e. The molecule has 0 spiro atoms. The van der Waals surface area contributed by atoms with E-state index < -0.39 is 20.2 Å². The lowest BCUT2D eigenvalue weighted by Gasteiger charge is -2.16. The summed E-state index contributed by atoms with van der Waals surface area (Å²) >= 11 is 0. The summed E-state index contributed by atoms with van der Waals surface area (Å²) in [5.41, 5.74) is 0.853. The van der Waals surface area contributed by atoms with Gasteiger partial charge in [0, 0.05) is 17.9 Å². The first-order valence-corrected chi connectivity index (χ1v) is 5.41. The Hall–Kier alpha value is -1.60. The van der Waals surface area contributed by atoms with Gasteiger partial charge in [-0.3, -0.25) is 4.68 Å². The fraction of sp³-hybridized carbons (Fsp3) is 0.100. The van der Waals surface area contributed by atoms with Gasteiger partial charge < -0.3 is 20.1 Å². The van der Waals surface area contributed by atoms with Crippen molar-refractivity contribution in [1.82, 2.24) is 9.78 Å². The Labute approximate surface area is 104 Å². The average molecular weight is 246 g/mol. The van der Waals surface area contributed by atoms with Gasteiger partial charge >= 0.3 is 14.2 Å². The van der Waals surface area contributed by atoms with Crippen LogP contribution in [0, 0.1) is 0 Å². The van der Waals surface area contributed by atoms with Crippen molar-refractivity contribution in [2.45, 2.75) is 5.94 Å². The predicted molar refractivity (Wildman–Crippen MR) is 66.8 cm³/mol. The van der Waals surface area contributed by atoms with E-state index >= 15 is 0 Å². The summed E-state index contributed by atoms with van der Waals surface area (Å²) in [5, 5.41) is 40.8. The Morgan fingerprint density at radius 2 is 1.72 bits per heavy atom. The van der Waals surface area contributed by atoms with E-state index in [0.717, 1.165) is 0 Å². The zero-order chi connectivity index (χ0) is 13.1. The normalized spacial score (nSPS) is 12.2. The maximum atomic E-state index is 9.44. The Morgan fingerprint density at radius 3 is 2.22 bits per heavy atom. The van der Waals surface area contributed by atoms with Crippen LogP contribution in [0.3, 0.4) is 0 Å². The third kappa shape index (κ3) is 2.62. The Morgan fingerprint density at radius 1 is 1.06 bits per heavy atom. The smallest absolute Gasteiger partial charge is 0.425 e. The molecule has 1 heterocycles. The van der Waals surface area contributed by atoms with E-state index in [4.69, 9.17) is 10.0 Å². The van der Waals surface area contributed by atoms with E-state index in [1.54, 1.807) is 24.3 Å². The summed E-state index contributed by atoms with van der Waals surface area (Å²) in [5.74, 6) is -0.793. The summed E-state index contributed by atoms with van der Waals surface area (Å²) < 4.78 is 1.29. The quantitative estimate of drug-likeness (QED) is 0.475. The number of aromatic nitrogens is 2. The minimum Gasteiger partial charge on any atom is -0.425 e. The van der Waals surface area contributed by atoms with Gasteiger partial charge in [-0.1, -0.05) is 30.3 Å². The molecule has 1 unspecified atom stereocenters. The summed E-state index contributed by atoms with van der Waals surface area (Å²) in [6, 6.07) is 8.84. The lowest BCUT2D eigenvalue weighted by molar-refractivity contribution is 0.369. The summed E-state index contributed by atoms with van der Waals surface area (Å²) in [6.07, 6.45) is 2.63. The molecule has 2 rings (SSSR count). The van der Waals surface area contributed by atoms with Gasteiger partial charge in [0.25, 0.3) is 0 Å². The summed E-state index contributed by atoms with van der Waals surface area (Å²) in [7, 11) is -3.28. The Bertz CT molecular complexity index is 504. The molecule has 2 aromatic rings. The van der Waals surface area contributed by atoms with Crippen LogP contribution in [0.1, 0.15) is 11.5 Å². The van der Waals surface area contributed by atoms with E-state index in [1.807, 2.05) is 6.07 Å². The van der Waals surface area contributed by atoms with Crippen molar-refractivity contribution in [2.24, 2.45) is 0 Å².